The number of aliphatic carboxylic acids is 1. The van der Waals surface area contributed by atoms with Crippen molar-refractivity contribution in [1.82, 2.24) is 10.2 Å². The van der Waals surface area contributed by atoms with Gasteiger partial charge in [-0.25, -0.2) is 0 Å². The van der Waals surface area contributed by atoms with E-state index in [4.69, 9.17) is 5.11 Å². The number of hydrogen-bond donors (Lipinski definition) is 2. The third-order valence-electron chi connectivity index (χ3n) is 3.35. The summed E-state index contributed by atoms with van der Waals surface area (Å²) in [4.78, 5) is 12.7. The predicted octanol–water partition coefficient (Wildman–Crippen LogP) is 0.535. The summed E-state index contributed by atoms with van der Waals surface area (Å²) < 4.78 is 0. The lowest BCUT2D eigenvalue weighted by molar-refractivity contribution is -0.138. The SMILES string of the molecule is O=C(O)CN1CCC[C@H]1CNCC1CC1. The van der Waals surface area contributed by atoms with Crippen LogP contribution in [0.25, 0.3) is 0 Å². The number of carboxylic acids is 1. The monoisotopic (exact) mass is 212 g/mol. The van der Waals surface area contributed by atoms with E-state index in [0.717, 1.165) is 38.4 Å². The van der Waals surface area contributed by atoms with Crippen LogP contribution in [-0.2, 0) is 4.79 Å². The summed E-state index contributed by atoms with van der Waals surface area (Å²) >= 11 is 0. The smallest absolute Gasteiger partial charge is 0.317 e. The molecule has 2 aliphatic rings. The average Bonchev–Trinajstić information content (AvgIpc) is 2.89. The molecule has 0 bridgehead atoms. The Morgan fingerprint density at radius 2 is 2.13 bits per heavy atom. The maximum atomic E-state index is 10.6. The van der Waals surface area contributed by atoms with Gasteiger partial charge in [-0.3, -0.25) is 9.69 Å². The molecule has 0 aromatic heterocycles. The Balaban J connectivity index is 1.66. The molecule has 1 atom stereocenters. The molecule has 0 aromatic rings. The number of likely N-dealkylation sites (tertiary alicyclic amines) is 1. The molecule has 4 heteroatoms. The lowest BCUT2D eigenvalue weighted by atomic mass is 10.2. The van der Waals surface area contributed by atoms with Gasteiger partial charge in [-0.15, -0.1) is 0 Å². The highest BCUT2D eigenvalue weighted by Gasteiger charge is 2.26. The van der Waals surface area contributed by atoms with Crippen LogP contribution in [0.5, 0.6) is 0 Å². The lowest BCUT2D eigenvalue weighted by Gasteiger charge is -2.22. The van der Waals surface area contributed by atoms with Crippen molar-refractivity contribution in [3.63, 3.8) is 0 Å². The van der Waals surface area contributed by atoms with Gasteiger partial charge in [-0.1, -0.05) is 0 Å². The fourth-order valence-corrected chi connectivity index (χ4v) is 2.28. The van der Waals surface area contributed by atoms with Crippen LogP contribution in [-0.4, -0.2) is 48.2 Å². The van der Waals surface area contributed by atoms with Gasteiger partial charge in [0.2, 0.25) is 0 Å². The van der Waals surface area contributed by atoms with Crippen LogP contribution in [0.3, 0.4) is 0 Å². The first-order valence-electron chi connectivity index (χ1n) is 5.92. The molecule has 0 aromatic carbocycles. The van der Waals surface area contributed by atoms with E-state index in [-0.39, 0.29) is 6.54 Å². The van der Waals surface area contributed by atoms with Crippen molar-refractivity contribution in [1.29, 1.82) is 0 Å². The van der Waals surface area contributed by atoms with Crippen LogP contribution >= 0.6 is 0 Å². The van der Waals surface area contributed by atoms with Gasteiger partial charge in [0.1, 0.15) is 0 Å². The van der Waals surface area contributed by atoms with E-state index >= 15 is 0 Å². The molecule has 2 fully saturated rings. The molecule has 0 amide bonds. The van der Waals surface area contributed by atoms with Gasteiger partial charge in [0, 0.05) is 12.6 Å². The first-order chi connectivity index (χ1) is 7.25. The first-order valence-corrected chi connectivity index (χ1v) is 5.92. The van der Waals surface area contributed by atoms with Crippen molar-refractivity contribution in [3.8, 4) is 0 Å². The number of carboxylic acid groups (broad SMARTS) is 1. The number of nitrogens with zero attached hydrogens (tertiary/aromatic N) is 1. The van der Waals surface area contributed by atoms with Crippen molar-refractivity contribution in [2.24, 2.45) is 5.92 Å². The third-order valence-corrected chi connectivity index (χ3v) is 3.35. The second kappa shape index (κ2) is 4.94. The fraction of sp³-hybridized carbons (Fsp3) is 0.909. The van der Waals surface area contributed by atoms with Gasteiger partial charge in [-0.2, -0.15) is 0 Å². The minimum atomic E-state index is -0.705. The minimum Gasteiger partial charge on any atom is -0.480 e. The Hall–Kier alpha value is -0.610. The topological polar surface area (TPSA) is 52.6 Å². The molecule has 2 rings (SSSR count). The quantitative estimate of drug-likeness (QED) is 0.674. The summed E-state index contributed by atoms with van der Waals surface area (Å²) in [6.45, 7) is 3.24. The minimum absolute atomic E-state index is 0.204. The van der Waals surface area contributed by atoms with E-state index < -0.39 is 5.97 Å². The molecular weight excluding hydrogens is 192 g/mol. The highest BCUT2D eigenvalue weighted by molar-refractivity contribution is 5.69. The maximum absolute atomic E-state index is 10.6. The zero-order valence-corrected chi connectivity index (χ0v) is 9.11. The van der Waals surface area contributed by atoms with Gasteiger partial charge in [0.05, 0.1) is 6.54 Å². The van der Waals surface area contributed by atoms with Crippen molar-refractivity contribution in [2.45, 2.75) is 31.7 Å². The van der Waals surface area contributed by atoms with Gasteiger partial charge < -0.3 is 10.4 Å². The van der Waals surface area contributed by atoms with Crippen molar-refractivity contribution >= 4 is 5.97 Å². The van der Waals surface area contributed by atoms with E-state index in [0.29, 0.717) is 6.04 Å². The number of rotatable bonds is 6. The Kier molecular flexibility index (Phi) is 3.59. The van der Waals surface area contributed by atoms with Crippen LogP contribution in [0.1, 0.15) is 25.7 Å². The summed E-state index contributed by atoms with van der Waals surface area (Å²) in [7, 11) is 0. The van der Waals surface area contributed by atoms with Crippen LogP contribution in [0, 0.1) is 5.92 Å². The maximum Gasteiger partial charge on any atom is 0.317 e. The average molecular weight is 212 g/mol. The molecule has 1 heterocycles. The van der Waals surface area contributed by atoms with E-state index in [1.165, 1.54) is 12.8 Å². The van der Waals surface area contributed by atoms with Crippen LogP contribution in [0.2, 0.25) is 0 Å². The summed E-state index contributed by atoms with van der Waals surface area (Å²) in [5.41, 5.74) is 0. The largest absolute Gasteiger partial charge is 0.480 e. The van der Waals surface area contributed by atoms with Gasteiger partial charge in [-0.05, 0) is 44.7 Å². The first kappa shape index (κ1) is 10.9. The molecule has 1 aliphatic carbocycles. The highest BCUT2D eigenvalue weighted by atomic mass is 16.4. The lowest BCUT2D eigenvalue weighted by Crippen LogP contribution is -2.41. The summed E-state index contributed by atoms with van der Waals surface area (Å²) in [5.74, 6) is 0.198. The van der Waals surface area contributed by atoms with Crippen molar-refractivity contribution in [3.05, 3.63) is 0 Å². The summed E-state index contributed by atoms with van der Waals surface area (Å²) in [5, 5.41) is 12.2. The zero-order valence-electron chi connectivity index (χ0n) is 9.11. The summed E-state index contributed by atoms with van der Waals surface area (Å²) in [6.07, 6.45) is 5.03. The molecular formula is C11H20N2O2. The Morgan fingerprint density at radius 1 is 1.33 bits per heavy atom. The van der Waals surface area contributed by atoms with Crippen LogP contribution in [0.15, 0.2) is 0 Å². The molecule has 0 unspecified atom stereocenters. The Bertz CT molecular complexity index is 229. The fourth-order valence-electron chi connectivity index (χ4n) is 2.28. The molecule has 1 saturated carbocycles. The molecule has 1 aliphatic heterocycles. The normalized spacial score (nSPS) is 27.1. The van der Waals surface area contributed by atoms with E-state index in [1.807, 2.05) is 0 Å². The van der Waals surface area contributed by atoms with E-state index in [2.05, 4.69) is 10.2 Å². The van der Waals surface area contributed by atoms with Crippen LogP contribution in [0.4, 0.5) is 0 Å². The number of hydrogen-bond acceptors (Lipinski definition) is 3. The van der Waals surface area contributed by atoms with Gasteiger partial charge in [0.15, 0.2) is 0 Å². The molecule has 0 spiro atoms. The number of carbonyl (C=O) groups is 1. The number of nitrogens with one attached hydrogen (secondary N) is 1. The third kappa shape index (κ3) is 3.47. The Morgan fingerprint density at radius 3 is 2.80 bits per heavy atom. The molecule has 86 valence electrons. The molecule has 2 N–H and O–H groups in total. The standard InChI is InChI=1S/C11H20N2O2/c14-11(15)8-13-5-1-2-10(13)7-12-6-9-3-4-9/h9-10,12H,1-8H2,(H,14,15)/t10-/m0/s1. The second-order valence-corrected chi connectivity index (χ2v) is 4.76. The van der Waals surface area contributed by atoms with Crippen molar-refractivity contribution < 1.29 is 9.90 Å². The molecule has 4 nitrogen and oxygen atoms in total. The molecule has 15 heavy (non-hydrogen) atoms. The van der Waals surface area contributed by atoms with Crippen LogP contribution < -0.4 is 5.32 Å². The summed E-state index contributed by atoms with van der Waals surface area (Å²) in [6, 6.07) is 0.444. The van der Waals surface area contributed by atoms with Gasteiger partial charge >= 0.3 is 5.97 Å². The Labute approximate surface area is 90.6 Å². The van der Waals surface area contributed by atoms with E-state index in [1.54, 1.807) is 0 Å². The molecule has 0 radical (unpaired) electrons. The molecule has 1 saturated heterocycles. The van der Waals surface area contributed by atoms with Crippen molar-refractivity contribution in [2.75, 3.05) is 26.2 Å². The predicted molar refractivity (Wildman–Crippen MR) is 57.8 cm³/mol. The highest BCUT2D eigenvalue weighted by Crippen LogP contribution is 2.27. The second-order valence-electron chi connectivity index (χ2n) is 4.76. The zero-order chi connectivity index (χ0) is 10.7. The van der Waals surface area contributed by atoms with E-state index in [9.17, 15) is 4.79 Å². The van der Waals surface area contributed by atoms with Gasteiger partial charge in [0.25, 0.3) is 0 Å².